The Kier molecular flexibility index (Phi) is 7.05. The van der Waals surface area contributed by atoms with E-state index >= 15 is 0 Å². The molecule has 0 spiro atoms. The fourth-order valence-electron chi connectivity index (χ4n) is 6.36. The first kappa shape index (κ1) is 28.5. The van der Waals surface area contributed by atoms with Crippen LogP contribution in [0.5, 0.6) is 0 Å². The molecule has 1 N–H and O–H groups in total. The molecular weight excluding hydrogens is 603 g/mol. The first-order valence-corrected chi connectivity index (χ1v) is 16.2. The van der Waals surface area contributed by atoms with E-state index in [9.17, 15) is 0 Å². The second-order valence-electron chi connectivity index (χ2n) is 11.9. The molecule has 7 heteroatoms. The molecule has 9 rings (SSSR count). The Morgan fingerprint density at radius 3 is 1.39 bits per heavy atom. The molecule has 6 aromatic carbocycles. The Morgan fingerprint density at radius 1 is 0.388 bits per heavy atom. The van der Waals surface area contributed by atoms with Crippen LogP contribution < -0.4 is 5.32 Å². The van der Waals surface area contributed by atoms with Crippen LogP contribution >= 0.6 is 0 Å². The summed E-state index contributed by atoms with van der Waals surface area (Å²) in [6.07, 6.45) is -0.136. The van der Waals surface area contributed by atoms with Gasteiger partial charge in [0.2, 0.25) is 0 Å². The van der Waals surface area contributed by atoms with Gasteiger partial charge in [0.15, 0.2) is 29.1 Å². The second kappa shape index (κ2) is 12.1. The maximum Gasteiger partial charge on any atom is 0.168 e. The van der Waals surface area contributed by atoms with Gasteiger partial charge in [-0.25, -0.2) is 15.0 Å². The molecule has 2 aromatic heterocycles. The maximum absolute atomic E-state index is 4.88. The Hall–Kier alpha value is -6.73. The van der Waals surface area contributed by atoms with Gasteiger partial charge < -0.3 is 5.32 Å². The van der Waals surface area contributed by atoms with Crippen LogP contribution in [0.3, 0.4) is 0 Å². The first-order chi connectivity index (χ1) is 24.3. The molecule has 0 amide bonds. The van der Waals surface area contributed by atoms with Gasteiger partial charge in [-0.05, 0) is 28.8 Å². The minimum Gasteiger partial charge on any atom is -0.360 e. The summed E-state index contributed by atoms with van der Waals surface area (Å²) in [5.41, 5.74) is 9.23. The smallest absolute Gasteiger partial charge is 0.168 e. The number of nitrogens with zero attached hydrogens (tertiary/aromatic N) is 6. The Bertz CT molecular complexity index is 2330. The predicted octanol–water partition coefficient (Wildman–Crippen LogP) is 9.44. The van der Waals surface area contributed by atoms with Gasteiger partial charge in [0.1, 0.15) is 6.17 Å². The van der Waals surface area contributed by atoms with Crippen LogP contribution in [0.15, 0.2) is 164 Å². The van der Waals surface area contributed by atoms with Crippen LogP contribution in [-0.2, 0) is 0 Å². The minimum atomic E-state index is -0.136. The normalized spacial score (nSPS) is 13.3. The van der Waals surface area contributed by atoms with Gasteiger partial charge in [0.05, 0.1) is 0 Å². The van der Waals surface area contributed by atoms with E-state index in [1.807, 2.05) is 78.9 Å². The lowest BCUT2D eigenvalue weighted by atomic mass is 10.0. The van der Waals surface area contributed by atoms with Gasteiger partial charge in [-0.2, -0.15) is 0 Å². The summed E-state index contributed by atoms with van der Waals surface area (Å²) in [7, 11) is 0. The van der Waals surface area contributed by atoms with Gasteiger partial charge >= 0.3 is 0 Å². The third-order valence-corrected chi connectivity index (χ3v) is 8.85. The van der Waals surface area contributed by atoms with Crippen molar-refractivity contribution in [3.8, 4) is 68.1 Å². The number of anilines is 1. The van der Waals surface area contributed by atoms with E-state index in [2.05, 4.69) is 99.9 Å². The summed E-state index contributed by atoms with van der Waals surface area (Å²) in [5.74, 6) is 3.59. The van der Waals surface area contributed by atoms with Crippen molar-refractivity contribution in [3.05, 3.63) is 169 Å². The molecular formula is C42H29N7. The van der Waals surface area contributed by atoms with Crippen LogP contribution in [0.2, 0.25) is 0 Å². The summed E-state index contributed by atoms with van der Waals surface area (Å²) >= 11 is 0. The summed E-state index contributed by atoms with van der Waals surface area (Å²) < 4.78 is 2.20. The molecule has 1 aliphatic rings. The monoisotopic (exact) mass is 631 g/mol. The fourth-order valence-corrected chi connectivity index (χ4v) is 6.36. The highest BCUT2D eigenvalue weighted by Gasteiger charge is 2.29. The van der Waals surface area contributed by atoms with Gasteiger partial charge in [0, 0.05) is 33.5 Å². The van der Waals surface area contributed by atoms with E-state index in [4.69, 9.17) is 20.1 Å². The Morgan fingerprint density at radius 2 is 0.816 bits per heavy atom. The quantitative estimate of drug-likeness (QED) is 0.197. The summed E-state index contributed by atoms with van der Waals surface area (Å²) in [4.78, 5) is 14.6. The van der Waals surface area contributed by atoms with Crippen molar-refractivity contribution >= 4 is 5.69 Å². The third-order valence-electron chi connectivity index (χ3n) is 8.85. The van der Waals surface area contributed by atoms with Crippen molar-refractivity contribution in [1.82, 2.24) is 29.7 Å². The standard InChI is InChI=1S/C42H29N7/c1-4-12-30(13-5-1)37-44-38(31-14-6-2-7-15-31)46-39(45-37)32-24-20-28(21-25-32)29-22-26-34(27-23-29)41-47-48-42-35-18-10-11-19-36(35)43-40(49(41)42)33-16-8-3-9-17-33/h1-27,40,43H. The van der Waals surface area contributed by atoms with Crippen LogP contribution in [0.1, 0.15) is 11.7 Å². The molecule has 1 atom stereocenters. The molecule has 0 saturated heterocycles. The van der Waals surface area contributed by atoms with E-state index in [0.717, 1.165) is 61.8 Å². The molecule has 8 aromatic rings. The molecule has 0 aliphatic carbocycles. The van der Waals surface area contributed by atoms with E-state index in [-0.39, 0.29) is 6.17 Å². The Labute approximate surface area is 283 Å². The lowest BCUT2D eigenvalue weighted by molar-refractivity contribution is 0.654. The van der Waals surface area contributed by atoms with E-state index in [1.165, 1.54) is 0 Å². The number of hydrogen-bond acceptors (Lipinski definition) is 6. The fraction of sp³-hybridized carbons (Fsp3) is 0.0238. The molecule has 232 valence electrons. The topological polar surface area (TPSA) is 81.4 Å². The highest BCUT2D eigenvalue weighted by Crippen LogP contribution is 2.40. The van der Waals surface area contributed by atoms with Gasteiger partial charge in [-0.15, -0.1) is 10.2 Å². The summed E-state index contributed by atoms with van der Waals surface area (Å²) in [6, 6.07) is 55.6. The van der Waals surface area contributed by atoms with Crippen LogP contribution in [0.25, 0.3) is 68.1 Å². The van der Waals surface area contributed by atoms with E-state index < -0.39 is 0 Å². The van der Waals surface area contributed by atoms with Crippen LogP contribution in [-0.4, -0.2) is 29.7 Å². The SMILES string of the molecule is c1ccc(-c2nc(-c3ccccc3)nc(-c3ccc(-c4ccc(-c5nnc6n5C(c5ccccc5)Nc5ccccc5-6)cc4)cc3)n2)cc1. The number of aromatic nitrogens is 6. The molecule has 1 aliphatic heterocycles. The molecule has 0 fully saturated rings. The largest absolute Gasteiger partial charge is 0.360 e. The van der Waals surface area contributed by atoms with E-state index in [0.29, 0.717) is 17.5 Å². The zero-order chi connectivity index (χ0) is 32.6. The van der Waals surface area contributed by atoms with Crippen molar-refractivity contribution < 1.29 is 0 Å². The minimum absolute atomic E-state index is 0.136. The van der Waals surface area contributed by atoms with Gasteiger partial charge in [-0.1, -0.05) is 152 Å². The number of benzene rings is 6. The summed E-state index contributed by atoms with van der Waals surface area (Å²) in [5, 5.41) is 13.1. The van der Waals surface area contributed by atoms with Crippen molar-refractivity contribution in [3.63, 3.8) is 0 Å². The lowest BCUT2D eigenvalue weighted by Crippen LogP contribution is -2.25. The molecule has 3 heterocycles. The zero-order valence-electron chi connectivity index (χ0n) is 26.3. The first-order valence-electron chi connectivity index (χ1n) is 16.2. The predicted molar refractivity (Wildman–Crippen MR) is 194 cm³/mol. The molecule has 1 unspecified atom stereocenters. The molecule has 0 bridgehead atoms. The van der Waals surface area contributed by atoms with E-state index in [1.54, 1.807) is 0 Å². The molecule has 49 heavy (non-hydrogen) atoms. The zero-order valence-corrected chi connectivity index (χ0v) is 26.3. The van der Waals surface area contributed by atoms with Gasteiger partial charge in [0.25, 0.3) is 0 Å². The van der Waals surface area contributed by atoms with Gasteiger partial charge in [-0.3, -0.25) is 4.57 Å². The summed E-state index contributed by atoms with van der Waals surface area (Å²) in [6.45, 7) is 0. The number of para-hydroxylation sites is 1. The highest BCUT2D eigenvalue weighted by molar-refractivity contribution is 5.79. The number of fused-ring (bicyclic) bond motifs is 3. The van der Waals surface area contributed by atoms with Crippen LogP contribution in [0.4, 0.5) is 5.69 Å². The number of rotatable bonds is 6. The molecule has 7 nitrogen and oxygen atoms in total. The Balaban J connectivity index is 1.04. The van der Waals surface area contributed by atoms with Crippen molar-refractivity contribution in [1.29, 1.82) is 0 Å². The number of hydrogen-bond donors (Lipinski definition) is 1. The maximum atomic E-state index is 4.88. The second-order valence-corrected chi connectivity index (χ2v) is 11.9. The van der Waals surface area contributed by atoms with Crippen molar-refractivity contribution in [2.75, 3.05) is 5.32 Å². The molecule has 0 saturated carbocycles. The number of nitrogens with one attached hydrogen (secondary N) is 1. The lowest BCUT2D eigenvalue weighted by Gasteiger charge is -2.30. The average Bonchev–Trinajstić information content (AvgIpc) is 3.64. The third kappa shape index (κ3) is 5.33. The average molecular weight is 632 g/mol. The van der Waals surface area contributed by atoms with Crippen LogP contribution in [0, 0.1) is 0 Å². The van der Waals surface area contributed by atoms with Crippen molar-refractivity contribution in [2.45, 2.75) is 6.17 Å². The van der Waals surface area contributed by atoms with Crippen molar-refractivity contribution in [2.24, 2.45) is 0 Å². The molecule has 0 radical (unpaired) electrons. The highest BCUT2D eigenvalue weighted by atomic mass is 15.4.